The number of nitrogens with zero attached hydrogens (tertiary/aromatic N) is 1. The molecule has 0 atom stereocenters. The second kappa shape index (κ2) is 4.13. The van der Waals surface area contributed by atoms with Crippen LogP contribution < -0.4 is 0 Å². The minimum atomic E-state index is -0.770. The summed E-state index contributed by atoms with van der Waals surface area (Å²) in [6.07, 6.45) is 1.70. The number of carboxylic acids is 1. The first-order valence-electron chi connectivity index (χ1n) is 3.81. The Morgan fingerprint density at radius 3 is 2.09 bits per heavy atom. The third-order valence-corrected chi connectivity index (χ3v) is 2.10. The fourth-order valence-electron chi connectivity index (χ4n) is 1.04. The van der Waals surface area contributed by atoms with E-state index in [0.29, 0.717) is 4.48 Å². The fourth-order valence-corrected chi connectivity index (χ4v) is 1.04. The minimum absolute atomic E-state index is 0.135. The summed E-state index contributed by atoms with van der Waals surface area (Å²) >= 11 is 0. The Bertz CT molecular complexity index is 150. The SMILES string of the molecule is C=C[N+](CC)(CC)CC(=O)O. The molecule has 0 amide bonds. The van der Waals surface area contributed by atoms with Gasteiger partial charge in [-0.3, -0.25) is 4.48 Å². The van der Waals surface area contributed by atoms with Crippen LogP contribution in [0.4, 0.5) is 0 Å². The number of aliphatic carboxylic acids is 1. The maximum absolute atomic E-state index is 10.4. The van der Waals surface area contributed by atoms with Crippen LogP contribution in [0.2, 0.25) is 0 Å². The molecule has 0 saturated carbocycles. The van der Waals surface area contributed by atoms with Gasteiger partial charge in [0.05, 0.1) is 19.3 Å². The molecule has 0 aliphatic rings. The second-order valence-electron chi connectivity index (χ2n) is 2.59. The Kier molecular flexibility index (Phi) is 3.82. The van der Waals surface area contributed by atoms with Crippen LogP contribution in [0, 0.1) is 0 Å². The first-order valence-corrected chi connectivity index (χ1v) is 3.81. The molecule has 0 aromatic carbocycles. The molecule has 0 fully saturated rings. The molecule has 0 saturated heterocycles. The minimum Gasteiger partial charge on any atom is -0.477 e. The number of likely N-dealkylation sites (N-methyl/N-ethyl adjacent to an activating group) is 1. The molecule has 1 N–H and O–H groups in total. The van der Waals surface area contributed by atoms with Crippen molar-refractivity contribution in [1.29, 1.82) is 0 Å². The molecule has 0 aliphatic heterocycles. The molecular formula is C8H16NO2+. The summed E-state index contributed by atoms with van der Waals surface area (Å²) in [5.41, 5.74) is 0. The van der Waals surface area contributed by atoms with Gasteiger partial charge < -0.3 is 5.11 Å². The highest BCUT2D eigenvalue weighted by atomic mass is 16.4. The summed E-state index contributed by atoms with van der Waals surface area (Å²) in [7, 11) is 0. The van der Waals surface area contributed by atoms with Crippen molar-refractivity contribution in [3.63, 3.8) is 0 Å². The highest BCUT2D eigenvalue weighted by Gasteiger charge is 2.22. The lowest BCUT2D eigenvalue weighted by molar-refractivity contribution is -0.868. The monoisotopic (exact) mass is 158 g/mol. The van der Waals surface area contributed by atoms with Crippen LogP contribution in [0.5, 0.6) is 0 Å². The molecule has 0 aliphatic carbocycles. The van der Waals surface area contributed by atoms with Crippen molar-refractivity contribution in [1.82, 2.24) is 0 Å². The third kappa shape index (κ3) is 2.72. The standard InChI is InChI=1S/C8H15NO2/c1-4-9(5-2,6-3)7-8(10)11/h4H,1,5-7H2,2-3H3/p+1. The van der Waals surface area contributed by atoms with Gasteiger partial charge in [-0.15, -0.1) is 0 Å². The van der Waals surface area contributed by atoms with Crippen molar-refractivity contribution >= 4 is 5.97 Å². The van der Waals surface area contributed by atoms with E-state index < -0.39 is 5.97 Å². The van der Waals surface area contributed by atoms with E-state index in [-0.39, 0.29) is 6.54 Å². The summed E-state index contributed by atoms with van der Waals surface area (Å²) in [5, 5.41) is 8.58. The molecule has 0 aromatic rings. The van der Waals surface area contributed by atoms with Crippen molar-refractivity contribution in [2.75, 3.05) is 19.6 Å². The maximum Gasteiger partial charge on any atom is 0.359 e. The molecular weight excluding hydrogens is 142 g/mol. The Morgan fingerprint density at radius 2 is 2.00 bits per heavy atom. The Balaban J connectivity index is 4.28. The molecule has 0 bridgehead atoms. The van der Waals surface area contributed by atoms with Gasteiger partial charge in [-0.05, 0) is 20.4 Å². The van der Waals surface area contributed by atoms with Crippen molar-refractivity contribution < 1.29 is 14.4 Å². The summed E-state index contributed by atoms with van der Waals surface area (Å²) in [5.74, 6) is -0.770. The third-order valence-electron chi connectivity index (χ3n) is 2.10. The largest absolute Gasteiger partial charge is 0.477 e. The number of hydrogen-bond acceptors (Lipinski definition) is 1. The highest BCUT2D eigenvalue weighted by Crippen LogP contribution is 2.05. The second-order valence-corrected chi connectivity index (χ2v) is 2.59. The maximum atomic E-state index is 10.4. The first kappa shape index (κ1) is 10.2. The topological polar surface area (TPSA) is 37.3 Å². The van der Waals surface area contributed by atoms with Gasteiger partial charge >= 0.3 is 5.97 Å². The normalized spacial score (nSPS) is 11.1. The number of carbonyl (C=O) groups is 1. The van der Waals surface area contributed by atoms with Gasteiger partial charge in [-0.1, -0.05) is 0 Å². The molecule has 0 spiro atoms. The van der Waals surface area contributed by atoms with Crippen molar-refractivity contribution in [2.45, 2.75) is 13.8 Å². The van der Waals surface area contributed by atoms with Gasteiger partial charge in [0.2, 0.25) is 0 Å². The molecule has 3 nitrogen and oxygen atoms in total. The highest BCUT2D eigenvalue weighted by molar-refractivity contribution is 5.68. The number of carboxylic acid groups (broad SMARTS) is 1. The van der Waals surface area contributed by atoms with Crippen molar-refractivity contribution in [3.05, 3.63) is 12.8 Å². The molecule has 11 heavy (non-hydrogen) atoms. The molecule has 0 radical (unpaired) electrons. The summed E-state index contributed by atoms with van der Waals surface area (Å²) in [6.45, 7) is 9.27. The quantitative estimate of drug-likeness (QED) is 0.608. The van der Waals surface area contributed by atoms with E-state index in [1.165, 1.54) is 0 Å². The van der Waals surface area contributed by atoms with E-state index >= 15 is 0 Å². The lowest BCUT2D eigenvalue weighted by Crippen LogP contribution is -2.45. The van der Waals surface area contributed by atoms with Crippen molar-refractivity contribution in [3.8, 4) is 0 Å². The Labute approximate surface area is 67.5 Å². The van der Waals surface area contributed by atoms with Gasteiger partial charge in [0.25, 0.3) is 0 Å². The van der Waals surface area contributed by atoms with Gasteiger partial charge in [0, 0.05) is 0 Å². The summed E-state index contributed by atoms with van der Waals surface area (Å²) in [6, 6.07) is 0. The summed E-state index contributed by atoms with van der Waals surface area (Å²) < 4.78 is 0.454. The lowest BCUT2D eigenvalue weighted by Gasteiger charge is -2.30. The van der Waals surface area contributed by atoms with E-state index in [2.05, 4.69) is 6.58 Å². The van der Waals surface area contributed by atoms with Crippen LogP contribution in [0.15, 0.2) is 12.8 Å². The smallest absolute Gasteiger partial charge is 0.359 e. The van der Waals surface area contributed by atoms with Crippen LogP contribution in [-0.4, -0.2) is 35.2 Å². The first-order chi connectivity index (χ1) is 5.10. The molecule has 0 heterocycles. The van der Waals surface area contributed by atoms with E-state index in [1.54, 1.807) is 6.20 Å². The van der Waals surface area contributed by atoms with E-state index in [4.69, 9.17) is 5.11 Å². The lowest BCUT2D eigenvalue weighted by atomic mass is 10.3. The average Bonchev–Trinajstić information content (AvgIpc) is 2.00. The van der Waals surface area contributed by atoms with Crippen LogP contribution in [0.25, 0.3) is 0 Å². The zero-order chi connectivity index (χ0) is 8.91. The molecule has 3 heteroatoms. The molecule has 0 unspecified atom stereocenters. The Morgan fingerprint density at radius 1 is 1.55 bits per heavy atom. The van der Waals surface area contributed by atoms with E-state index in [0.717, 1.165) is 13.1 Å². The van der Waals surface area contributed by atoms with Crippen LogP contribution in [0.1, 0.15) is 13.8 Å². The van der Waals surface area contributed by atoms with Crippen molar-refractivity contribution in [2.24, 2.45) is 0 Å². The zero-order valence-corrected chi connectivity index (χ0v) is 7.21. The molecule has 0 aromatic heterocycles. The fraction of sp³-hybridized carbons (Fsp3) is 0.625. The van der Waals surface area contributed by atoms with Crippen LogP contribution >= 0.6 is 0 Å². The number of rotatable bonds is 5. The van der Waals surface area contributed by atoms with Crippen LogP contribution in [-0.2, 0) is 4.79 Å². The van der Waals surface area contributed by atoms with Gasteiger partial charge in [0.15, 0.2) is 6.54 Å². The van der Waals surface area contributed by atoms with E-state index in [1.807, 2.05) is 13.8 Å². The van der Waals surface area contributed by atoms with E-state index in [9.17, 15) is 4.79 Å². The van der Waals surface area contributed by atoms with Gasteiger partial charge in [-0.25, -0.2) is 4.79 Å². The van der Waals surface area contributed by atoms with Gasteiger partial charge in [0.1, 0.15) is 0 Å². The van der Waals surface area contributed by atoms with Gasteiger partial charge in [-0.2, -0.15) is 0 Å². The summed E-state index contributed by atoms with van der Waals surface area (Å²) in [4.78, 5) is 10.4. The van der Waals surface area contributed by atoms with Crippen LogP contribution in [0.3, 0.4) is 0 Å². The molecule has 0 rings (SSSR count). The average molecular weight is 158 g/mol. The number of hydrogen-bond donors (Lipinski definition) is 1. The predicted octanol–water partition coefficient (Wildman–Crippen LogP) is 1.07. The Hall–Kier alpha value is -0.830. The molecule has 64 valence electrons. The zero-order valence-electron chi connectivity index (χ0n) is 7.21. The number of quaternary nitrogens is 1. The predicted molar refractivity (Wildman–Crippen MR) is 44.0 cm³/mol.